The Hall–Kier alpha value is -1.46. The van der Waals surface area contributed by atoms with E-state index < -0.39 is 0 Å². The Kier molecular flexibility index (Phi) is 7.38. The zero-order valence-electron chi connectivity index (χ0n) is 13.4. The molecule has 2 rings (SSSR count). The molecule has 0 radical (unpaired) electrons. The van der Waals surface area contributed by atoms with Crippen molar-refractivity contribution in [1.29, 1.82) is 0 Å². The number of hydrogen-bond acceptors (Lipinski definition) is 4. The third kappa shape index (κ3) is 5.79. The molecular weight excluding hydrogens is 406 g/mol. The van der Waals surface area contributed by atoms with Crippen LogP contribution in [0.15, 0.2) is 46.7 Å². The average Bonchev–Trinajstić information content (AvgIpc) is 2.59. The molecule has 0 amide bonds. The van der Waals surface area contributed by atoms with Gasteiger partial charge in [0.15, 0.2) is 0 Å². The van der Waals surface area contributed by atoms with Gasteiger partial charge in [-0.15, -0.1) is 0 Å². The summed E-state index contributed by atoms with van der Waals surface area (Å²) >= 11 is 23.7. The molecule has 0 aliphatic carbocycles. The van der Waals surface area contributed by atoms with E-state index in [1.807, 2.05) is 0 Å². The van der Waals surface area contributed by atoms with E-state index in [0.717, 1.165) is 11.1 Å². The van der Waals surface area contributed by atoms with Crippen LogP contribution in [0.5, 0.6) is 0 Å². The third-order valence-electron chi connectivity index (χ3n) is 3.18. The molecule has 0 unspecified atom stereocenters. The van der Waals surface area contributed by atoms with Crippen LogP contribution in [0.4, 0.5) is 0 Å². The van der Waals surface area contributed by atoms with Gasteiger partial charge in [-0.25, -0.2) is 0 Å². The van der Waals surface area contributed by atoms with Gasteiger partial charge in [0, 0.05) is 11.1 Å². The second-order valence-electron chi connectivity index (χ2n) is 4.99. The summed E-state index contributed by atoms with van der Waals surface area (Å²) in [5.41, 5.74) is 2.86. The Bertz CT molecular complexity index is 755. The van der Waals surface area contributed by atoms with Gasteiger partial charge in [0.1, 0.15) is 0 Å². The molecule has 2 aromatic rings. The maximum Gasteiger partial charge on any atom is 0.280 e. The van der Waals surface area contributed by atoms with Gasteiger partial charge in [0.05, 0.1) is 31.5 Å². The molecule has 0 fully saturated rings. The van der Waals surface area contributed by atoms with E-state index >= 15 is 0 Å². The van der Waals surface area contributed by atoms with Crippen molar-refractivity contribution in [2.24, 2.45) is 10.3 Å². The van der Waals surface area contributed by atoms with E-state index in [4.69, 9.17) is 56.1 Å². The molecule has 0 saturated heterocycles. The number of benzene rings is 2. The maximum atomic E-state index is 5.97. The molecule has 0 saturated carbocycles. The summed E-state index contributed by atoms with van der Waals surface area (Å²) in [5.74, 6) is 0. The monoisotopic (exact) mass is 418 g/mol. The minimum Gasteiger partial charge on any atom is -0.352 e. The van der Waals surface area contributed by atoms with Crippen LogP contribution in [0.25, 0.3) is 0 Å². The maximum absolute atomic E-state index is 5.97. The molecule has 4 nitrogen and oxygen atoms in total. The van der Waals surface area contributed by atoms with Crippen LogP contribution in [0.3, 0.4) is 0 Å². The molecule has 0 heterocycles. The predicted molar refractivity (Wildman–Crippen MR) is 104 cm³/mol. The summed E-state index contributed by atoms with van der Waals surface area (Å²) in [6.07, 6.45) is 0. The highest BCUT2D eigenvalue weighted by Crippen LogP contribution is 2.23. The molecule has 132 valence electrons. The summed E-state index contributed by atoms with van der Waals surface area (Å²) in [7, 11) is 0. The van der Waals surface area contributed by atoms with Gasteiger partial charge in [-0.3, -0.25) is 0 Å². The van der Waals surface area contributed by atoms with Gasteiger partial charge in [0.2, 0.25) is 0 Å². The lowest BCUT2D eigenvalue weighted by Crippen LogP contribution is -2.00. The Morgan fingerprint density at radius 3 is 1.48 bits per heavy atom. The SMILES string of the molecule is C/C(=N/OCO/N=C(\C)c1ccc(Cl)c(Cl)c1)c1ccc(Cl)c(Cl)c1. The first kappa shape index (κ1) is 19.9. The Morgan fingerprint density at radius 2 is 1.12 bits per heavy atom. The normalized spacial score (nSPS) is 12.2. The first-order chi connectivity index (χ1) is 11.9. The highest BCUT2D eigenvalue weighted by Gasteiger charge is 2.04. The Balaban J connectivity index is 1.89. The standard InChI is InChI=1S/C17H14Cl4N2O2/c1-10(12-3-5-14(18)16(20)7-12)22-24-9-25-23-11(2)13-4-6-15(19)17(21)8-13/h3-8H,9H2,1-2H3/b22-10-,23-11+. The fraction of sp³-hybridized carbons (Fsp3) is 0.176. The van der Waals surface area contributed by atoms with Crippen LogP contribution in [0, 0.1) is 0 Å². The molecule has 0 bridgehead atoms. The minimum absolute atomic E-state index is 0.142. The molecule has 0 aliphatic rings. The third-order valence-corrected chi connectivity index (χ3v) is 4.66. The van der Waals surface area contributed by atoms with E-state index in [-0.39, 0.29) is 6.79 Å². The smallest absolute Gasteiger partial charge is 0.280 e. The van der Waals surface area contributed by atoms with Crippen LogP contribution in [0.1, 0.15) is 25.0 Å². The van der Waals surface area contributed by atoms with Gasteiger partial charge in [0.25, 0.3) is 6.79 Å². The Morgan fingerprint density at radius 1 is 0.720 bits per heavy atom. The molecule has 0 N–H and O–H groups in total. The lowest BCUT2D eigenvalue weighted by atomic mass is 10.1. The number of oxime groups is 2. The number of hydrogen-bond donors (Lipinski definition) is 0. The molecule has 0 aromatic heterocycles. The largest absolute Gasteiger partial charge is 0.352 e. The molecular formula is C17H14Cl4N2O2. The minimum atomic E-state index is -0.142. The average molecular weight is 420 g/mol. The lowest BCUT2D eigenvalue weighted by molar-refractivity contribution is -0.0505. The molecule has 0 spiro atoms. The molecule has 2 aromatic carbocycles. The highest BCUT2D eigenvalue weighted by atomic mass is 35.5. The lowest BCUT2D eigenvalue weighted by Gasteiger charge is -2.05. The van der Waals surface area contributed by atoms with Crippen LogP contribution in [0.2, 0.25) is 20.1 Å². The van der Waals surface area contributed by atoms with Crippen LogP contribution >= 0.6 is 46.4 Å². The van der Waals surface area contributed by atoms with Crippen molar-refractivity contribution in [2.45, 2.75) is 13.8 Å². The van der Waals surface area contributed by atoms with Crippen molar-refractivity contribution in [3.63, 3.8) is 0 Å². The quantitative estimate of drug-likeness (QED) is 0.234. The summed E-state index contributed by atoms with van der Waals surface area (Å²) in [6.45, 7) is 3.42. The van der Waals surface area contributed by atoms with Crippen molar-refractivity contribution in [1.82, 2.24) is 0 Å². The van der Waals surface area contributed by atoms with Gasteiger partial charge in [-0.1, -0.05) is 68.8 Å². The van der Waals surface area contributed by atoms with E-state index in [2.05, 4.69) is 10.3 Å². The van der Waals surface area contributed by atoms with Crippen molar-refractivity contribution >= 4 is 57.8 Å². The summed E-state index contributed by atoms with van der Waals surface area (Å²) < 4.78 is 0. The zero-order valence-corrected chi connectivity index (χ0v) is 16.4. The van der Waals surface area contributed by atoms with Crippen LogP contribution in [-0.4, -0.2) is 18.2 Å². The van der Waals surface area contributed by atoms with Crippen molar-refractivity contribution in [3.05, 3.63) is 67.6 Å². The van der Waals surface area contributed by atoms with Crippen molar-refractivity contribution < 1.29 is 9.68 Å². The summed E-state index contributed by atoms with van der Waals surface area (Å²) in [5, 5.41) is 9.75. The van der Waals surface area contributed by atoms with E-state index in [1.54, 1.807) is 50.2 Å². The van der Waals surface area contributed by atoms with Crippen molar-refractivity contribution in [2.75, 3.05) is 6.79 Å². The van der Waals surface area contributed by atoms with E-state index in [1.165, 1.54) is 0 Å². The molecule has 25 heavy (non-hydrogen) atoms. The second kappa shape index (κ2) is 9.30. The molecule has 8 heteroatoms. The van der Waals surface area contributed by atoms with Gasteiger partial charge in [-0.2, -0.15) is 0 Å². The van der Waals surface area contributed by atoms with Crippen molar-refractivity contribution in [3.8, 4) is 0 Å². The first-order valence-electron chi connectivity index (χ1n) is 7.12. The van der Waals surface area contributed by atoms with Gasteiger partial charge in [-0.05, 0) is 38.1 Å². The summed E-state index contributed by atoms with van der Waals surface area (Å²) in [6, 6.07) is 10.4. The number of rotatable bonds is 6. The highest BCUT2D eigenvalue weighted by molar-refractivity contribution is 6.42. The topological polar surface area (TPSA) is 43.2 Å². The summed E-state index contributed by atoms with van der Waals surface area (Å²) in [4.78, 5) is 10.2. The zero-order chi connectivity index (χ0) is 18.4. The van der Waals surface area contributed by atoms with Crippen LogP contribution < -0.4 is 0 Å². The molecule has 0 aliphatic heterocycles. The first-order valence-corrected chi connectivity index (χ1v) is 8.63. The van der Waals surface area contributed by atoms with E-state index in [0.29, 0.717) is 31.5 Å². The fourth-order valence-electron chi connectivity index (χ4n) is 1.82. The Labute approximate surface area is 165 Å². The van der Waals surface area contributed by atoms with Crippen LogP contribution in [-0.2, 0) is 9.68 Å². The van der Waals surface area contributed by atoms with Gasteiger partial charge < -0.3 is 9.68 Å². The number of nitrogens with zero attached hydrogens (tertiary/aromatic N) is 2. The second-order valence-corrected chi connectivity index (χ2v) is 6.62. The van der Waals surface area contributed by atoms with Gasteiger partial charge >= 0.3 is 0 Å². The number of halogens is 4. The predicted octanol–water partition coefficient (Wildman–Crippen LogP) is 6.44. The fourth-order valence-corrected chi connectivity index (χ4v) is 2.41. The van der Waals surface area contributed by atoms with E-state index in [9.17, 15) is 0 Å². The molecule has 0 atom stereocenters.